The molecule has 0 aromatic carbocycles. The van der Waals surface area contributed by atoms with Crippen molar-refractivity contribution in [1.82, 2.24) is 16.0 Å². The second kappa shape index (κ2) is 39.3. The molecule has 0 bridgehead atoms. The van der Waals surface area contributed by atoms with Gasteiger partial charge in [-0.2, -0.15) is 0 Å². The Morgan fingerprint density at radius 1 is 0.541 bits per heavy atom. The van der Waals surface area contributed by atoms with Crippen molar-refractivity contribution in [2.45, 2.75) is 117 Å². The maximum Gasteiger partial charge on any atom is 0.303 e. The van der Waals surface area contributed by atoms with E-state index in [4.69, 9.17) is 26.5 Å². The van der Waals surface area contributed by atoms with Gasteiger partial charge in [0.1, 0.15) is 0 Å². The summed E-state index contributed by atoms with van der Waals surface area (Å²) >= 11 is 0. The van der Waals surface area contributed by atoms with E-state index in [0.717, 1.165) is 59.0 Å². The average Bonchev–Trinajstić information content (AvgIpc) is 2.85. The molecule has 0 saturated heterocycles. The first-order valence-corrected chi connectivity index (χ1v) is 14.9. The van der Waals surface area contributed by atoms with Crippen LogP contribution in [0.1, 0.15) is 117 Å². The van der Waals surface area contributed by atoms with Crippen LogP contribution in [-0.2, 0) is 9.59 Å². The van der Waals surface area contributed by atoms with Gasteiger partial charge in [0.25, 0.3) is 5.97 Å². The van der Waals surface area contributed by atoms with E-state index >= 15 is 0 Å². The molecule has 0 amide bonds. The van der Waals surface area contributed by atoms with Gasteiger partial charge in [0, 0.05) is 65.7 Å². The standard InChI is InChI=1S/C18H36O2.C8H23N5.C2H4O2/c1-2-3-4-5-6-7-8-9-10-11-12-13-14-15-16-17-18(19)20;9-1-3-11-5-7-13-8-6-12-4-2-10;1-2(3)4/h2-17H2,1H3,(H,19,20);11-13H,1-10H2;1H3,(H,3,4). The molecule has 0 aliphatic rings. The Morgan fingerprint density at radius 2 is 0.811 bits per heavy atom. The minimum atomic E-state index is -0.833. The van der Waals surface area contributed by atoms with Gasteiger partial charge in [0.05, 0.1) is 0 Å². The molecule has 0 rings (SSSR count). The Hall–Kier alpha value is -1.26. The molecule has 0 aliphatic heterocycles. The Balaban J connectivity index is -0.000000581. The summed E-state index contributed by atoms with van der Waals surface area (Å²) in [4.78, 5) is 19.3. The molecule has 0 unspecified atom stereocenters. The minimum absolute atomic E-state index is 0.345. The van der Waals surface area contributed by atoms with E-state index in [1.165, 1.54) is 83.5 Å². The molecule has 9 N–H and O–H groups in total. The minimum Gasteiger partial charge on any atom is -0.481 e. The number of carboxylic acid groups (broad SMARTS) is 2. The summed E-state index contributed by atoms with van der Waals surface area (Å²) in [5, 5.41) is 25.6. The molecular formula is C28H63N5O4. The second-order valence-corrected chi connectivity index (χ2v) is 9.44. The molecule has 0 aromatic rings. The van der Waals surface area contributed by atoms with Gasteiger partial charge < -0.3 is 37.6 Å². The van der Waals surface area contributed by atoms with Crippen molar-refractivity contribution in [1.29, 1.82) is 0 Å². The topological polar surface area (TPSA) is 163 Å². The molecule has 224 valence electrons. The number of carboxylic acids is 2. The van der Waals surface area contributed by atoms with Crippen LogP contribution in [-0.4, -0.2) is 74.5 Å². The number of rotatable bonds is 26. The number of aliphatic carboxylic acids is 2. The van der Waals surface area contributed by atoms with E-state index < -0.39 is 11.9 Å². The largest absolute Gasteiger partial charge is 0.481 e. The highest BCUT2D eigenvalue weighted by molar-refractivity contribution is 5.66. The third-order valence-electron chi connectivity index (χ3n) is 5.59. The Morgan fingerprint density at radius 3 is 1.08 bits per heavy atom. The van der Waals surface area contributed by atoms with Crippen LogP contribution in [0.3, 0.4) is 0 Å². The van der Waals surface area contributed by atoms with Crippen LogP contribution in [0.5, 0.6) is 0 Å². The first-order chi connectivity index (χ1) is 17.9. The Labute approximate surface area is 228 Å². The molecule has 0 saturated carbocycles. The van der Waals surface area contributed by atoms with Crippen molar-refractivity contribution in [3.05, 3.63) is 0 Å². The molecule has 9 nitrogen and oxygen atoms in total. The monoisotopic (exact) mass is 533 g/mol. The predicted octanol–water partition coefficient (Wildman–Crippen LogP) is 4.10. The van der Waals surface area contributed by atoms with Crippen molar-refractivity contribution in [2.75, 3.05) is 52.4 Å². The fraction of sp³-hybridized carbons (Fsp3) is 0.929. The van der Waals surface area contributed by atoms with Gasteiger partial charge in [-0.15, -0.1) is 0 Å². The quantitative estimate of drug-likeness (QED) is 0.0811. The molecule has 0 heterocycles. The highest BCUT2D eigenvalue weighted by Crippen LogP contribution is 2.13. The molecule has 9 heteroatoms. The third kappa shape index (κ3) is 56.2. The summed E-state index contributed by atoms with van der Waals surface area (Å²) in [5.74, 6) is -1.49. The first-order valence-electron chi connectivity index (χ1n) is 14.9. The molecule has 0 aliphatic carbocycles. The van der Waals surface area contributed by atoms with Crippen LogP contribution < -0.4 is 27.4 Å². The Kier molecular flexibility index (Phi) is 42.7. The second-order valence-electron chi connectivity index (χ2n) is 9.44. The van der Waals surface area contributed by atoms with Gasteiger partial charge >= 0.3 is 5.97 Å². The van der Waals surface area contributed by atoms with E-state index in [1.807, 2.05) is 0 Å². The highest BCUT2D eigenvalue weighted by atomic mass is 16.4. The normalized spacial score (nSPS) is 10.3. The van der Waals surface area contributed by atoms with Gasteiger partial charge in [-0.3, -0.25) is 9.59 Å². The molecule has 0 spiro atoms. The smallest absolute Gasteiger partial charge is 0.303 e. The summed E-state index contributed by atoms with van der Waals surface area (Å²) in [6.07, 6.45) is 20.2. The van der Waals surface area contributed by atoms with Crippen molar-refractivity contribution in [3.63, 3.8) is 0 Å². The average molecular weight is 534 g/mol. The number of nitrogens with one attached hydrogen (secondary N) is 3. The number of unbranched alkanes of at least 4 members (excludes halogenated alkanes) is 14. The molecule has 0 fully saturated rings. The first kappa shape index (κ1) is 40.2. The van der Waals surface area contributed by atoms with Crippen molar-refractivity contribution in [2.24, 2.45) is 11.5 Å². The van der Waals surface area contributed by atoms with E-state index in [2.05, 4.69) is 22.9 Å². The van der Waals surface area contributed by atoms with Gasteiger partial charge in [-0.05, 0) is 6.42 Å². The van der Waals surface area contributed by atoms with Gasteiger partial charge in [0.2, 0.25) is 0 Å². The van der Waals surface area contributed by atoms with Crippen LogP contribution in [0.15, 0.2) is 0 Å². The van der Waals surface area contributed by atoms with Crippen LogP contribution in [0.25, 0.3) is 0 Å². The van der Waals surface area contributed by atoms with Crippen molar-refractivity contribution < 1.29 is 19.8 Å². The highest BCUT2D eigenvalue weighted by Gasteiger charge is 1.97. The van der Waals surface area contributed by atoms with E-state index in [9.17, 15) is 4.79 Å². The number of hydrogen-bond acceptors (Lipinski definition) is 7. The lowest BCUT2D eigenvalue weighted by molar-refractivity contribution is -0.137. The fourth-order valence-corrected chi connectivity index (χ4v) is 3.58. The number of nitrogens with two attached hydrogens (primary N) is 2. The zero-order valence-electron chi connectivity index (χ0n) is 24.3. The van der Waals surface area contributed by atoms with Crippen molar-refractivity contribution in [3.8, 4) is 0 Å². The number of hydrogen-bond donors (Lipinski definition) is 7. The maximum absolute atomic E-state index is 10.3. The van der Waals surface area contributed by atoms with E-state index in [-0.39, 0.29) is 0 Å². The van der Waals surface area contributed by atoms with Crippen LogP contribution in [0, 0.1) is 0 Å². The van der Waals surface area contributed by atoms with E-state index in [0.29, 0.717) is 19.5 Å². The summed E-state index contributed by atoms with van der Waals surface area (Å²) in [7, 11) is 0. The molecular weight excluding hydrogens is 470 g/mol. The molecule has 0 aromatic heterocycles. The van der Waals surface area contributed by atoms with Gasteiger partial charge in [-0.25, -0.2) is 0 Å². The zero-order valence-corrected chi connectivity index (χ0v) is 24.3. The van der Waals surface area contributed by atoms with Gasteiger partial charge in [-0.1, -0.05) is 96.8 Å². The summed E-state index contributed by atoms with van der Waals surface area (Å²) in [5.41, 5.74) is 10.6. The SMILES string of the molecule is CC(=O)O.CCCCCCCCCCCCCCCCCC(=O)O.NCCNCCNCCNCCN. The van der Waals surface area contributed by atoms with Crippen LogP contribution in [0.2, 0.25) is 0 Å². The molecule has 0 radical (unpaired) electrons. The Bertz CT molecular complexity index is 429. The lowest BCUT2D eigenvalue weighted by Crippen LogP contribution is -2.35. The summed E-state index contributed by atoms with van der Waals surface area (Å²) in [6.45, 7) is 10.5. The van der Waals surface area contributed by atoms with Crippen LogP contribution in [0.4, 0.5) is 0 Å². The van der Waals surface area contributed by atoms with Crippen LogP contribution >= 0.6 is 0 Å². The van der Waals surface area contributed by atoms with Crippen molar-refractivity contribution >= 4 is 11.9 Å². The number of carbonyl (C=O) groups is 2. The lowest BCUT2D eigenvalue weighted by atomic mass is 10.0. The van der Waals surface area contributed by atoms with E-state index in [1.54, 1.807) is 0 Å². The molecule has 37 heavy (non-hydrogen) atoms. The zero-order chi connectivity index (χ0) is 28.2. The van der Waals surface area contributed by atoms with Gasteiger partial charge in [0.15, 0.2) is 0 Å². The predicted molar refractivity (Wildman–Crippen MR) is 157 cm³/mol. The molecule has 0 atom stereocenters. The lowest BCUT2D eigenvalue weighted by Gasteiger charge is -2.06. The fourth-order valence-electron chi connectivity index (χ4n) is 3.58. The summed E-state index contributed by atoms with van der Waals surface area (Å²) in [6, 6.07) is 0. The summed E-state index contributed by atoms with van der Waals surface area (Å²) < 4.78 is 0. The third-order valence-corrected chi connectivity index (χ3v) is 5.59. The maximum atomic E-state index is 10.3.